The second-order valence-corrected chi connectivity index (χ2v) is 8.30. The summed E-state index contributed by atoms with van der Waals surface area (Å²) in [5.41, 5.74) is -2.25. The molecule has 0 spiro atoms. The molecule has 3 heterocycles. The summed E-state index contributed by atoms with van der Waals surface area (Å²) in [4.78, 5) is 24.9. The number of H-pyrrole nitrogens is 1. The van der Waals surface area contributed by atoms with Gasteiger partial charge in [0.15, 0.2) is 0 Å². The maximum Gasteiger partial charge on any atom is 0.475 e. The SMILES string of the molecule is O=c1[nH]c(=O)n([C@H]2C[C@@H]3OP(=O)(OCCc4c(F)cccc4F)OC[C@H]3O2)cc1F. The van der Waals surface area contributed by atoms with E-state index in [1.54, 1.807) is 0 Å². The van der Waals surface area contributed by atoms with E-state index < -0.39 is 55.0 Å². The summed E-state index contributed by atoms with van der Waals surface area (Å²) in [5, 5.41) is 0. The molecule has 1 N–H and O–H groups in total. The van der Waals surface area contributed by atoms with Crippen LogP contribution in [0.2, 0.25) is 0 Å². The topological polar surface area (TPSA) is 109 Å². The highest BCUT2D eigenvalue weighted by Crippen LogP contribution is 2.56. The first kappa shape index (κ1) is 21.0. The Morgan fingerprint density at radius 3 is 2.63 bits per heavy atom. The molecule has 1 aromatic carbocycles. The highest BCUT2D eigenvalue weighted by Gasteiger charge is 2.48. The third kappa shape index (κ3) is 4.14. The molecule has 1 unspecified atom stereocenters. The number of hydrogen-bond acceptors (Lipinski definition) is 7. The number of ether oxygens (including phenoxy) is 1. The number of fused-ring (bicyclic) bond motifs is 1. The van der Waals surface area contributed by atoms with Gasteiger partial charge in [0.05, 0.1) is 19.4 Å². The predicted octanol–water partition coefficient (Wildman–Crippen LogP) is 2.02. The Hall–Kier alpha value is -2.24. The van der Waals surface area contributed by atoms with E-state index in [4.69, 9.17) is 18.3 Å². The minimum atomic E-state index is -4.04. The van der Waals surface area contributed by atoms with Gasteiger partial charge in [0.2, 0.25) is 5.82 Å². The van der Waals surface area contributed by atoms with Crippen molar-refractivity contribution >= 4 is 7.82 Å². The number of aromatic amines is 1. The standard InChI is InChI=1S/C17H16F3N2O7P/c18-10-2-1-3-11(19)9(10)4-5-26-30(25)27-8-14-13(29-30)6-15(28-14)22-7-12(20)16(23)21-17(22)24/h1-3,7,13-15H,4-6,8H2,(H,21,23,24)/t13-,14+,15+,30?/m0/s1. The van der Waals surface area contributed by atoms with Gasteiger partial charge in [-0.25, -0.2) is 18.1 Å². The van der Waals surface area contributed by atoms with E-state index in [0.717, 1.165) is 16.7 Å². The average molecular weight is 448 g/mol. The maximum atomic E-state index is 13.7. The fraction of sp³-hybridized carbons (Fsp3) is 0.412. The van der Waals surface area contributed by atoms with Gasteiger partial charge in [0, 0.05) is 18.4 Å². The smallest absolute Gasteiger partial charge is 0.349 e. The van der Waals surface area contributed by atoms with Crippen molar-refractivity contribution in [3.63, 3.8) is 0 Å². The zero-order chi connectivity index (χ0) is 21.5. The lowest BCUT2D eigenvalue weighted by atomic mass is 10.1. The number of rotatable bonds is 5. The highest BCUT2D eigenvalue weighted by molar-refractivity contribution is 7.48. The Bertz CT molecular complexity index is 1100. The van der Waals surface area contributed by atoms with Gasteiger partial charge in [-0.1, -0.05) is 6.07 Å². The maximum absolute atomic E-state index is 13.7. The molecule has 4 rings (SSSR count). The lowest BCUT2D eigenvalue weighted by molar-refractivity contribution is -0.0723. The molecule has 1 aromatic heterocycles. The van der Waals surface area contributed by atoms with E-state index in [1.165, 1.54) is 6.07 Å². The monoisotopic (exact) mass is 448 g/mol. The molecule has 2 fully saturated rings. The van der Waals surface area contributed by atoms with E-state index in [0.29, 0.717) is 6.20 Å². The summed E-state index contributed by atoms with van der Waals surface area (Å²) in [7, 11) is -4.04. The fourth-order valence-corrected chi connectivity index (χ4v) is 4.66. The second kappa shape index (κ2) is 8.12. The Morgan fingerprint density at radius 1 is 1.17 bits per heavy atom. The van der Waals surface area contributed by atoms with Crippen molar-refractivity contribution in [3.8, 4) is 0 Å². The van der Waals surface area contributed by atoms with Crippen LogP contribution in [-0.4, -0.2) is 35.0 Å². The summed E-state index contributed by atoms with van der Waals surface area (Å²) < 4.78 is 75.5. The number of hydrogen-bond donors (Lipinski definition) is 1. The Morgan fingerprint density at radius 2 is 1.90 bits per heavy atom. The molecule has 2 aliphatic rings. The number of phosphoric ester groups is 1. The first-order valence-corrected chi connectivity index (χ1v) is 10.4. The molecule has 0 aliphatic carbocycles. The lowest BCUT2D eigenvalue weighted by Gasteiger charge is -2.29. The molecule has 2 saturated heterocycles. The first-order chi connectivity index (χ1) is 14.3. The molecule has 9 nitrogen and oxygen atoms in total. The minimum absolute atomic E-state index is 0.00864. The summed E-state index contributed by atoms with van der Waals surface area (Å²) in [6, 6.07) is 3.41. The van der Waals surface area contributed by atoms with Crippen LogP contribution in [-0.2, 0) is 29.3 Å². The van der Waals surface area contributed by atoms with E-state index >= 15 is 0 Å². The summed E-state index contributed by atoms with van der Waals surface area (Å²) in [6.45, 7) is -0.533. The second-order valence-electron chi connectivity index (χ2n) is 6.68. The minimum Gasteiger partial charge on any atom is -0.349 e. The van der Waals surface area contributed by atoms with Crippen LogP contribution >= 0.6 is 7.82 Å². The van der Waals surface area contributed by atoms with E-state index in [2.05, 4.69) is 0 Å². The van der Waals surface area contributed by atoms with Crippen molar-refractivity contribution in [2.45, 2.75) is 31.3 Å². The van der Waals surface area contributed by atoms with E-state index in [-0.39, 0.29) is 31.6 Å². The molecule has 0 radical (unpaired) electrons. The van der Waals surface area contributed by atoms with Gasteiger partial charge in [-0.15, -0.1) is 0 Å². The molecule has 13 heteroatoms. The van der Waals surface area contributed by atoms with Crippen molar-refractivity contribution in [3.05, 3.63) is 68.2 Å². The van der Waals surface area contributed by atoms with Crippen molar-refractivity contribution in [1.29, 1.82) is 0 Å². The van der Waals surface area contributed by atoms with E-state index in [9.17, 15) is 27.3 Å². The summed E-state index contributed by atoms with van der Waals surface area (Å²) in [6.07, 6.45) is -1.98. The number of benzene rings is 1. The van der Waals surface area contributed by atoms with Crippen LogP contribution < -0.4 is 11.2 Å². The normalized spacial score (nSPS) is 28.4. The van der Waals surface area contributed by atoms with Crippen molar-refractivity contribution < 1.29 is 36.0 Å². The number of aromatic nitrogens is 2. The van der Waals surface area contributed by atoms with Gasteiger partial charge in [-0.3, -0.25) is 27.9 Å². The van der Waals surface area contributed by atoms with Gasteiger partial charge in [-0.2, -0.15) is 4.39 Å². The number of halogens is 3. The average Bonchev–Trinajstić information content (AvgIpc) is 3.09. The third-order valence-corrected chi connectivity index (χ3v) is 6.23. The fourth-order valence-electron chi connectivity index (χ4n) is 3.27. The third-order valence-electron chi connectivity index (χ3n) is 4.74. The van der Waals surface area contributed by atoms with Gasteiger partial charge < -0.3 is 4.74 Å². The molecule has 162 valence electrons. The predicted molar refractivity (Wildman–Crippen MR) is 94.3 cm³/mol. The van der Waals surface area contributed by atoms with Crippen LogP contribution in [0.3, 0.4) is 0 Å². The molecule has 4 atom stereocenters. The first-order valence-electron chi connectivity index (χ1n) is 8.92. The van der Waals surface area contributed by atoms with Gasteiger partial charge >= 0.3 is 13.5 Å². The molecule has 0 bridgehead atoms. The summed E-state index contributed by atoms with van der Waals surface area (Å²) >= 11 is 0. The van der Waals surface area contributed by atoms with Crippen LogP contribution in [0, 0.1) is 17.5 Å². The van der Waals surface area contributed by atoms with Crippen molar-refractivity contribution in [2.24, 2.45) is 0 Å². The van der Waals surface area contributed by atoms with E-state index in [1.807, 2.05) is 4.98 Å². The molecular weight excluding hydrogens is 432 g/mol. The Labute approximate surface area is 167 Å². The summed E-state index contributed by atoms with van der Waals surface area (Å²) in [5.74, 6) is -2.68. The zero-order valence-electron chi connectivity index (χ0n) is 15.3. The number of nitrogens with one attached hydrogen (secondary N) is 1. The molecule has 2 aromatic rings. The van der Waals surface area contributed by atoms with Crippen molar-refractivity contribution in [2.75, 3.05) is 13.2 Å². The Kier molecular flexibility index (Phi) is 5.69. The number of phosphoric acid groups is 1. The molecule has 0 amide bonds. The molecular formula is C17H16F3N2O7P. The largest absolute Gasteiger partial charge is 0.475 e. The van der Waals surface area contributed by atoms with Crippen LogP contribution in [0.25, 0.3) is 0 Å². The Balaban J connectivity index is 1.40. The van der Waals surface area contributed by atoms with Gasteiger partial charge in [0.25, 0.3) is 5.56 Å². The number of nitrogens with zero attached hydrogens (tertiary/aromatic N) is 1. The lowest BCUT2D eigenvalue weighted by Crippen LogP contribution is -2.34. The van der Waals surface area contributed by atoms with Gasteiger partial charge in [-0.05, 0) is 12.1 Å². The quantitative estimate of drug-likeness (QED) is 0.698. The van der Waals surface area contributed by atoms with Crippen LogP contribution in [0.1, 0.15) is 18.2 Å². The van der Waals surface area contributed by atoms with Crippen LogP contribution in [0.4, 0.5) is 13.2 Å². The van der Waals surface area contributed by atoms with Crippen LogP contribution in [0.15, 0.2) is 34.0 Å². The zero-order valence-corrected chi connectivity index (χ0v) is 16.2. The van der Waals surface area contributed by atoms with Crippen LogP contribution in [0.5, 0.6) is 0 Å². The van der Waals surface area contributed by atoms with Crippen molar-refractivity contribution in [1.82, 2.24) is 9.55 Å². The molecule has 0 saturated carbocycles. The van der Waals surface area contributed by atoms with Gasteiger partial charge in [0.1, 0.15) is 30.1 Å². The highest BCUT2D eigenvalue weighted by atomic mass is 31.2. The molecule has 30 heavy (non-hydrogen) atoms. The molecule has 2 aliphatic heterocycles.